The summed E-state index contributed by atoms with van der Waals surface area (Å²) < 4.78 is 14.4. The highest BCUT2D eigenvalue weighted by Crippen LogP contribution is 2.19. The Morgan fingerprint density at radius 2 is 1.74 bits per heavy atom. The van der Waals surface area contributed by atoms with Crippen LogP contribution in [0.3, 0.4) is 0 Å². The molecule has 2 aromatic carbocycles. The van der Waals surface area contributed by atoms with Crippen molar-refractivity contribution in [2.24, 2.45) is 5.16 Å². The third-order valence-electron chi connectivity index (χ3n) is 4.14. The van der Waals surface area contributed by atoms with E-state index < -0.39 is 0 Å². The summed E-state index contributed by atoms with van der Waals surface area (Å²) in [5.41, 5.74) is 2.22. The van der Waals surface area contributed by atoms with E-state index in [4.69, 9.17) is 11.6 Å². The number of rotatable bonds is 4. The van der Waals surface area contributed by atoms with E-state index in [1.54, 1.807) is 36.4 Å². The van der Waals surface area contributed by atoms with Crippen LogP contribution in [0, 0.1) is 5.82 Å². The lowest BCUT2D eigenvalue weighted by Crippen LogP contribution is -2.19. The molecule has 3 nitrogen and oxygen atoms in total. The molecule has 120 valence electrons. The van der Waals surface area contributed by atoms with Crippen LogP contribution in [-0.4, -0.2) is 28.9 Å². The van der Waals surface area contributed by atoms with Crippen molar-refractivity contribution in [2.45, 2.75) is 19.4 Å². The van der Waals surface area contributed by atoms with E-state index in [9.17, 15) is 9.60 Å². The van der Waals surface area contributed by atoms with Gasteiger partial charge in [0.05, 0.1) is 0 Å². The van der Waals surface area contributed by atoms with Gasteiger partial charge in [0.2, 0.25) is 0 Å². The molecule has 0 radical (unpaired) electrons. The van der Waals surface area contributed by atoms with E-state index in [1.807, 2.05) is 0 Å². The van der Waals surface area contributed by atoms with Crippen molar-refractivity contribution in [3.05, 3.63) is 70.0 Å². The number of nitrogens with zero attached hydrogens (tertiary/aromatic N) is 2. The number of hydrogen-bond donors (Lipinski definition) is 1. The Labute approximate surface area is 140 Å². The van der Waals surface area contributed by atoms with Crippen molar-refractivity contribution >= 4 is 17.3 Å². The minimum atomic E-state index is -0.274. The Balaban J connectivity index is 1.84. The minimum absolute atomic E-state index is 0.274. The molecule has 1 saturated heterocycles. The molecule has 1 aliphatic rings. The van der Waals surface area contributed by atoms with Gasteiger partial charge < -0.3 is 5.21 Å². The largest absolute Gasteiger partial charge is 0.410 e. The number of hydrogen-bond acceptors (Lipinski definition) is 3. The van der Waals surface area contributed by atoms with Crippen molar-refractivity contribution in [1.29, 1.82) is 0 Å². The van der Waals surface area contributed by atoms with Gasteiger partial charge in [-0.15, -0.1) is 0 Å². The van der Waals surface area contributed by atoms with Crippen molar-refractivity contribution in [3.8, 4) is 0 Å². The SMILES string of the molecule is O/N=C(\c1ccc(Cl)cc1)c1ccc(CN2CCCC2)c(F)c1. The molecule has 5 heteroatoms. The lowest BCUT2D eigenvalue weighted by atomic mass is 10.0. The molecular formula is C18H18ClFN2O. The highest BCUT2D eigenvalue weighted by molar-refractivity contribution is 6.30. The van der Waals surface area contributed by atoms with Crippen molar-refractivity contribution < 1.29 is 9.60 Å². The van der Waals surface area contributed by atoms with Crippen LogP contribution in [0.5, 0.6) is 0 Å². The predicted octanol–water partition coefficient (Wildman–Crippen LogP) is 4.30. The Morgan fingerprint density at radius 3 is 2.35 bits per heavy atom. The first kappa shape index (κ1) is 16.0. The van der Waals surface area contributed by atoms with E-state index in [-0.39, 0.29) is 5.82 Å². The lowest BCUT2D eigenvalue weighted by Gasteiger charge is -2.15. The van der Waals surface area contributed by atoms with Crippen molar-refractivity contribution in [3.63, 3.8) is 0 Å². The number of halogens is 2. The molecule has 0 aromatic heterocycles. The molecule has 1 heterocycles. The summed E-state index contributed by atoms with van der Waals surface area (Å²) >= 11 is 5.87. The van der Waals surface area contributed by atoms with Crippen LogP contribution >= 0.6 is 11.6 Å². The van der Waals surface area contributed by atoms with Gasteiger partial charge in [-0.2, -0.15) is 0 Å². The van der Waals surface area contributed by atoms with Crippen LogP contribution in [-0.2, 0) is 6.54 Å². The molecule has 0 aliphatic carbocycles. The summed E-state index contributed by atoms with van der Waals surface area (Å²) in [5, 5.41) is 13.2. The molecule has 0 saturated carbocycles. The van der Waals surface area contributed by atoms with E-state index in [2.05, 4.69) is 10.1 Å². The van der Waals surface area contributed by atoms with E-state index >= 15 is 0 Å². The van der Waals surface area contributed by atoms with Gasteiger partial charge in [0.25, 0.3) is 0 Å². The van der Waals surface area contributed by atoms with Gasteiger partial charge in [0.1, 0.15) is 11.5 Å². The maximum absolute atomic E-state index is 14.4. The zero-order valence-electron chi connectivity index (χ0n) is 12.7. The summed E-state index contributed by atoms with van der Waals surface area (Å²) in [6.07, 6.45) is 2.36. The summed E-state index contributed by atoms with van der Waals surface area (Å²) in [7, 11) is 0. The summed E-state index contributed by atoms with van der Waals surface area (Å²) in [6.45, 7) is 2.67. The second-order valence-electron chi connectivity index (χ2n) is 5.74. The third kappa shape index (κ3) is 3.71. The normalized spacial score (nSPS) is 16.0. The van der Waals surface area contributed by atoms with E-state index in [0.717, 1.165) is 13.1 Å². The molecule has 0 amide bonds. The highest BCUT2D eigenvalue weighted by atomic mass is 35.5. The summed E-state index contributed by atoms with van der Waals surface area (Å²) in [4.78, 5) is 2.25. The number of benzene rings is 2. The molecule has 2 aromatic rings. The molecule has 1 fully saturated rings. The highest BCUT2D eigenvalue weighted by Gasteiger charge is 2.16. The first-order valence-corrected chi connectivity index (χ1v) is 8.04. The quantitative estimate of drug-likeness (QED) is 0.514. The first-order chi connectivity index (χ1) is 11.2. The molecule has 1 N–H and O–H groups in total. The zero-order chi connectivity index (χ0) is 16.2. The standard InChI is InChI=1S/C18H18ClFN2O/c19-16-7-5-13(6-8-16)18(21-23)14-3-4-15(17(20)11-14)12-22-9-1-2-10-22/h3-8,11,23H,1-2,9-10,12H2/b21-18+. The van der Waals surface area contributed by atoms with Gasteiger partial charge in [-0.1, -0.05) is 41.0 Å². The number of oxime groups is 1. The predicted molar refractivity (Wildman–Crippen MR) is 89.8 cm³/mol. The fourth-order valence-corrected chi connectivity index (χ4v) is 3.02. The second kappa shape index (κ2) is 7.11. The maximum Gasteiger partial charge on any atom is 0.128 e. The molecule has 0 spiro atoms. The zero-order valence-corrected chi connectivity index (χ0v) is 13.4. The van der Waals surface area contributed by atoms with Crippen LogP contribution in [0.2, 0.25) is 5.02 Å². The molecular weight excluding hydrogens is 315 g/mol. The van der Waals surface area contributed by atoms with E-state index in [1.165, 1.54) is 18.9 Å². The molecule has 0 unspecified atom stereocenters. The third-order valence-corrected chi connectivity index (χ3v) is 4.39. The fourth-order valence-electron chi connectivity index (χ4n) is 2.89. The Bertz CT molecular complexity index is 709. The molecule has 23 heavy (non-hydrogen) atoms. The first-order valence-electron chi connectivity index (χ1n) is 7.66. The lowest BCUT2D eigenvalue weighted by molar-refractivity contribution is 0.319. The molecule has 3 rings (SSSR count). The summed E-state index contributed by atoms with van der Waals surface area (Å²) in [5.74, 6) is -0.274. The topological polar surface area (TPSA) is 35.8 Å². The Hall–Kier alpha value is -1.91. The Kier molecular flexibility index (Phi) is 4.94. The van der Waals surface area contributed by atoms with Crippen molar-refractivity contribution in [1.82, 2.24) is 4.90 Å². The number of likely N-dealkylation sites (tertiary alicyclic amines) is 1. The fraction of sp³-hybridized carbons (Fsp3) is 0.278. The Morgan fingerprint density at radius 1 is 1.09 bits per heavy atom. The maximum atomic E-state index is 14.4. The van der Waals surface area contributed by atoms with Gasteiger partial charge in [0, 0.05) is 28.3 Å². The van der Waals surface area contributed by atoms with Gasteiger partial charge >= 0.3 is 0 Å². The monoisotopic (exact) mass is 332 g/mol. The average molecular weight is 333 g/mol. The summed E-state index contributed by atoms with van der Waals surface area (Å²) in [6, 6.07) is 11.9. The van der Waals surface area contributed by atoms with Gasteiger partial charge in [-0.25, -0.2) is 4.39 Å². The van der Waals surface area contributed by atoms with E-state index in [0.29, 0.717) is 34.0 Å². The molecule has 0 atom stereocenters. The van der Waals surface area contributed by atoms with Crippen LogP contribution in [0.4, 0.5) is 4.39 Å². The smallest absolute Gasteiger partial charge is 0.128 e. The minimum Gasteiger partial charge on any atom is -0.410 e. The molecule has 0 bridgehead atoms. The van der Waals surface area contributed by atoms with Gasteiger partial charge in [-0.3, -0.25) is 4.90 Å². The van der Waals surface area contributed by atoms with Gasteiger partial charge in [-0.05, 0) is 44.1 Å². The second-order valence-corrected chi connectivity index (χ2v) is 6.18. The van der Waals surface area contributed by atoms with Crippen molar-refractivity contribution in [2.75, 3.05) is 13.1 Å². The molecule has 1 aliphatic heterocycles. The van der Waals surface area contributed by atoms with Crippen LogP contribution in [0.1, 0.15) is 29.5 Å². The van der Waals surface area contributed by atoms with Crippen LogP contribution < -0.4 is 0 Å². The average Bonchev–Trinajstić information content (AvgIpc) is 3.05. The van der Waals surface area contributed by atoms with Crippen LogP contribution in [0.25, 0.3) is 0 Å². The van der Waals surface area contributed by atoms with Gasteiger partial charge in [0.15, 0.2) is 0 Å². The van der Waals surface area contributed by atoms with Crippen LogP contribution in [0.15, 0.2) is 47.6 Å².